The van der Waals surface area contributed by atoms with Crippen LogP contribution in [0.1, 0.15) is 31.7 Å². The van der Waals surface area contributed by atoms with Gasteiger partial charge in [0.15, 0.2) is 5.96 Å². The van der Waals surface area contributed by atoms with Gasteiger partial charge in [0.2, 0.25) is 5.91 Å². The predicted molar refractivity (Wildman–Crippen MR) is 132 cm³/mol. The molecule has 0 aliphatic carbocycles. The molecule has 2 rings (SSSR count). The van der Waals surface area contributed by atoms with Crippen LogP contribution in [-0.2, 0) is 4.79 Å². The molecule has 0 atom stereocenters. The fraction of sp³-hybridized carbons (Fsp3) is 0.600. The Morgan fingerprint density at radius 2 is 2.00 bits per heavy atom. The fourth-order valence-corrected chi connectivity index (χ4v) is 3.46. The van der Waals surface area contributed by atoms with E-state index in [0.717, 1.165) is 41.2 Å². The molecular weight excluding hydrogens is 533 g/mol. The number of hydrogen-bond acceptors (Lipinski definition) is 3. The van der Waals surface area contributed by atoms with E-state index in [1.54, 1.807) is 7.05 Å². The first-order chi connectivity index (χ1) is 13.0. The van der Waals surface area contributed by atoms with Crippen LogP contribution in [0.15, 0.2) is 27.7 Å². The molecule has 0 saturated carbocycles. The number of hydrogen-bond donors (Lipinski definition) is 3. The molecule has 1 heterocycles. The summed E-state index contributed by atoms with van der Waals surface area (Å²) in [5, 5.41) is 9.27. The minimum Gasteiger partial charge on any atom is -0.356 e. The average molecular weight is 566 g/mol. The van der Waals surface area contributed by atoms with E-state index in [2.05, 4.69) is 48.7 Å². The summed E-state index contributed by atoms with van der Waals surface area (Å²) in [6.45, 7) is 8.86. The maximum Gasteiger partial charge on any atom is 0.243 e. The maximum atomic E-state index is 12.2. The second-order valence-corrected chi connectivity index (χ2v) is 8.15. The number of nitrogens with zero attached hydrogens (tertiary/aromatic N) is 2. The molecule has 0 radical (unpaired) electrons. The first kappa shape index (κ1) is 25.2. The van der Waals surface area contributed by atoms with Crippen LogP contribution in [0.4, 0.5) is 5.69 Å². The third-order valence-electron chi connectivity index (χ3n) is 4.93. The number of aryl methyl sites for hydroxylation is 1. The summed E-state index contributed by atoms with van der Waals surface area (Å²) < 4.78 is 0.942. The van der Waals surface area contributed by atoms with Gasteiger partial charge in [-0.2, -0.15) is 0 Å². The number of anilines is 1. The molecule has 1 saturated heterocycles. The highest BCUT2D eigenvalue weighted by atomic mass is 127. The Balaban J connectivity index is 0.00000392. The summed E-state index contributed by atoms with van der Waals surface area (Å²) in [5.41, 5.74) is 1.84. The zero-order valence-corrected chi connectivity index (χ0v) is 21.0. The smallest absolute Gasteiger partial charge is 0.243 e. The largest absolute Gasteiger partial charge is 0.356 e. The molecule has 1 fully saturated rings. The molecule has 3 N–H and O–H groups in total. The molecule has 0 spiro atoms. The molecular formula is C20H33BrIN5O. The summed E-state index contributed by atoms with van der Waals surface area (Å²) in [7, 11) is 1.72. The number of carbonyl (C=O) groups is 1. The molecule has 0 bridgehead atoms. The predicted octanol–water partition coefficient (Wildman–Crippen LogP) is 3.60. The number of rotatable bonds is 7. The first-order valence-corrected chi connectivity index (χ1v) is 10.5. The minimum atomic E-state index is -0.0958. The van der Waals surface area contributed by atoms with Crippen LogP contribution < -0.4 is 16.0 Å². The Morgan fingerprint density at radius 1 is 1.29 bits per heavy atom. The number of aliphatic imine (C=N–C) groups is 1. The van der Waals surface area contributed by atoms with Gasteiger partial charge in [0.25, 0.3) is 0 Å². The SMILES string of the molecule is CN=C(NCCCN1CCC(C)CC1)NCC(=O)Nc1cc(Br)ccc1C.I. The third-order valence-corrected chi connectivity index (χ3v) is 5.43. The molecule has 1 amide bonds. The van der Waals surface area contributed by atoms with E-state index in [0.29, 0.717) is 5.96 Å². The summed E-state index contributed by atoms with van der Waals surface area (Å²) >= 11 is 3.43. The van der Waals surface area contributed by atoms with Gasteiger partial charge in [-0.1, -0.05) is 28.9 Å². The highest BCUT2D eigenvalue weighted by Crippen LogP contribution is 2.20. The van der Waals surface area contributed by atoms with Crippen molar-refractivity contribution in [1.29, 1.82) is 0 Å². The van der Waals surface area contributed by atoms with Crippen molar-refractivity contribution in [3.05, 3.63) is 28.2 Å². The maximum absolute atomic E-state index is 12.2. The molecule has 1 aliphatic rings. The zero-order valence-electron chi connectivity index (χ0n) is 17.1. The van der Waals surface area contributed by atoms with E-state index in [4.69, 9.17) is 0 Å². The second-order valence-electron chi connectivity index (χ2n) is 7.24. The normalized spacial score (nSPS) is 15.6. The Labute approximate surface area is 194 Å². The van der Waals surface area contributed by atoms with Crippen LogP contribution in [-0.4, -0.2) is 56.5 Å². The van der Waals surface area contributed by atoms with E-state index in [9.17, 15) is 4.79 Å². The number of guanidine groups is 1. The summed E-state index contributed by atoms with van der Waals surface area (Å²) in [4.78, 5) is 18.9. The first-order valence-electron chi connectivity index (χ1n) is 9.71. The number of likely N-dealkylation sites (tertiary alicyclic amines) is 1. The lowest BCUT2D eigenvalue weighted by atomic mass is 9.99. The van der Waals surface area contributed by atoms with Gasteiger partial charge in [-0.25, -0.2) is 0 Å². The highest BCUT2D eigenvalue weighted by Gasteiger charge is 2.14. The minimum absolute atomic E-state index is 0. The van der Waals surface area contributed by atoms with Crippen molar-refractivity contribution in [3.63, 3.8) is 0 Å². The van der Waals surface area contributed by atoms with Gasteiger partial charge in [0, 0.05) is 23.8 Å². The van der Waals surface area contributed by atoms with Crippen molar-refractivity contribution < 1.29 is 4.79 Å². The molecule has 1 aromatic carbocycles. The summed E-state index contributed by atoms with van der Waals surface area (Å²) in [6, 6.07) is 5.83. The van der Waals surface area contributed by atoms with Crippen molar-refractivity contribution in [2.24, 2.45) is 10.9 Å². The Morgan fingerprint density at radius 3 is 2.68 bits per heavy atom. The van der Waals surface area contributed by atoms with Crippen LogP contribution in [0.2, 0.25) is 0 Å². The van der Waals surface area contributed by atoms with E-state index in [1.807, 2.05) is 25.1 Å². The number of amides is 1. The number of piperidine rings is 1. The molecule has 1 aliphatic heterocycles. The van der Waals surface area contributed by atoms with Gasteiger partial charge in [-0.15, -0.1) is 24.0 Å². The lowest BCUT2D eigenvalue weighted by molar-refractivity contribution is -0.115. The molecule has 6 nitrogen and oxygen atoms in total. The topological polar surface area (TPSA) is 68.8 Å². The van der Waals surface area contributed by atoms with Crippen LogP contribution in [0, 0.1) is 12.8 Å². The Kier molecular flexibility index (Phi) is 12.0. The monoisotopic (exact) mass is 565 g/mol. The summed E-state index contributed by atoms with van der Waals surface area (Å²) in [6.07, 6.45) is 3.69. The van der Waals surface area contributed by atoms with E-state index in [1.165, 1.54) is 25.9 Å². The van der Waals surface area contributed by atoms with Crippen molar-refractivity contribution in [2.45, 2.75) is 33.1 Å². The number of benzene rings is 1. The standard InChI is InChI=1S/C20H32BrN5O.HI/c1-15-7-11-26(12-8-15)10-4-9-23-20(22-3)24-14-19(27)25-18-13-17(21)6-5-16(18)2;/h5-6,13,15H,4,7-12,14H2,1-3H3,(H,25,27)(H2,22,23,24);1H. The van der Waals surface area contributed by atoms with Crippen LogP contribution in [0.25, 0.3) is 0 Å². The van der Waals surface area contributed by atoms with Crippen molar-refractivity contribution in [3.8, 4) is 0 Å². The lowest BCUT2D eigenvalue weighted by Crippen LogP contribution is -2.42. The lowest BCUT2D eigenvalue weighted by Gasteiger charge is -2.30. The molecule has 0 aromatic heterocycles. The van der Waals surface area contributed by atoms with Gasteiger partial charge in [-0.3, -0.25) is 9.79 Å². The van der Waals surface area contributed by atoms with Crippen molar-refractivity contribution >= 4 is 57.5 Å². The highest BCUT2D eigenvalue weighted by molar-refractivity contribution is 14.0. The van der Waals surface area contributed by atoms with E-state index in [-0.39, 0.29) is 36.4 Å². The van der Waals surface area contributed by atoms with Crippen LogP contribution >= 0.6 is 39.9 Å². The third kappa shape index (κ3) is 9.09. The van der Waals surface area contributed by atoms with Gasteiger partial charge < -0.3 is 20.9 Å². The second kappa shape index (κ2) is 13.4. The average Bonchev–Trinajstić information content (AvgIpc) is 2.65. The van der Waals surface area contributed by atoms with Gasteiger partial charge in [0.1, 0.15) is 0 Å². The van der Waals surface area contributed by atoms with Gasteiger partial charge in [0.05, 0.1) is 6.54 Å². The number of carbonyl (C=O) groups excluding carboxylic acids is 1. The molecule has 158 valence electrons. The van der Waals surface area contributed by atoms with Crippen molar-refractivity contribution in [1.82, 2.24) is 15.5 Å². The van der Waals surface area contributed by atoms with Crippen molar-refractivity contribution in [2.75, 3.05) is 45.1 Å². The van der Waals surface area contributed by atoms with Crippen LogP contribution in [0.5, 0.6) is 0 Å². The van der Waals surface area contributed by atoms with E-state index >= 15 is 0 Å². The summed E-state index contributed by atoms with van der Waals surface area (Å²) in [5.74, 6) is 1.43. The molecule has 1 aromatic rings. The molecule has 8 heteroatoms. The molecule has 28 heavy (non-hydrogen) atoms. The number of nitrogens with one attached hydrogen (secondary N) is 3. The number of halogens is 2. The zero-order chi connectivity index (χ0) is 19.6. The van der Waals surface area contributed by atoms with E-state index < -0.39 is 0 Å². The molecule has 0 unspecified atom stereocenters. The Hall–Kier alpha value is -0.870. The quantitative estimate of drug-likeness (QED) is 0.204. The fourth-order valence-electron chi connectivity index (χ4n) is 3.10. The van der Waals surface area contributed by atoms with Gasteiger partial charge in [-0.05, 0) is 69.4 Å². The van der Waals surface area contributed by atoms with Gasteiger partial charge >= 0.3 is 0 Å². The Bertz CT molecular complexity index is 647. The van der Waals surface area contributed by atoms with Crippen LogP contribution in [0.3, 0.4) is 0 Å².